The molecule has 0 spiro atoms. The number of alkyl halides is 3. The van der Waals surface area contributed by atoms with Gasteiger partial charge in [0.05, 0.1) is 6.10 Å². The number of rotatable bonds is 5. The van der Waals surface area contributed by atoms with Crippen LogP contribution in [0.1, 0.15) is 81.3 Å². The maximum absolute atomic E-state index is 12.3. The zero-order chi connectivity index (χ0) is 19.3. The normalized spacial score (nSPS) is 29.9. The van der Waals surface area contributed by atoms with Gasteiger partial charge in [0.2, 0.25) is 0 Å². The van der Waals surface area contributed by atoms with Gasteiger partial charge < -0.3 is 4.74 Å². The average Bonchev–Trinajstić information content (AvgIpc) is 2.67. The molecule has 0 aromatic heterocycles. The monoisotopic (exact) mass is 380 g/mol. The number of halogens is 3. The van der Waals surface area contributed by atoms with Gasteiger partial charge in [-0.25, -0.2) is 0 Å². The Labute approximate surface area is 161 Å². The summed E-state index contributed by atoms with van der Waals surface area (Å²) in [4.78, 5) is 0. The van der Waals surface area contributed by atoms with E-state index in [1.165, 1.54) is 30.0 Å². The minimum atomic E-state index is -4.19. The molecule has 27 heavy (non-hydrogen) atoms. The Bertz CT molecular complexity index is 589. The molecule has 0 unspecified atom stereocenters. The van der Waals surface area contributed by atoms with Crippen LogP contribution >= 0.6 is 0 Å². The van der Waals surface area contributed by atoms with Crippen molar-refractivity contribution in [3.05, 3.63) is 47.5 Å². The van der Waals surface area contributed by atoms with Gasteiger partial charge in [-0.2, -0.15) is 13.2 Å². The van der Waals surface area contributed by atoms with E-state index >= 15 is 0 Å². The van der Waals surface area contributed by atoms with E-state index in [4.69, 9.17) is 4.74 Å². The molecule has 2 saturated carbocycles. The largest absolute Gasteiger partial charge is 0.409 e. The third-order valence-electron chi connectivity index (χ3n) is 6.29. The van der Waals surface area contributed by atoms with E-state index in [9.17, 15) is 13.2 Å². The quantitative estimate of drug-likeness (QED) is 0.493. The minimum Gasteiger partial charge on any atom is -0.379 e. The van der Waals surface area contributed by atoms with Gasteiger partial charge in [-0.05, 0) is 87.2 Å². The Balaban J connectivity index is 1.49. The molecule has 0 radical (unpaired) electrons. The second kappa shape index (κ2) is 9.27. The summed E-state index contributed by atoms with van der Waals surface area (Å²) in [5.74, 6) is 1.20. The maximum atomic E-state index is 12.3. The summed E-state index contributed by atoms with van der Waals surface area (Å²) in [6.45, 7) is 2.86. The molecule has 4 heteroatoms. The highest BCUT2D eigenvalue weighted by atomic mass is 19.4. The number of hydrogen-bond acceptors (Lipinski definition) is 1. The Morgan fingerprint density at radius 1 is 0.852 bits per heavy atom. The third-order valence-corrected chi connectivity index (χ3v) is 6.29. The third kappa shape index (κ3) is 6.10. The van der Waals surface area contributed by atoms with E-state index in [0.717, 1.165) is 45.1 Å². The standard InChI is InChI=1S/C23H31F3O/c1-2-27-22-13-11-21(12-14-22)20-9-7-19(8-10-20)18-5-3-17(4-6-18)15-16-23(24,25)26/h7-10,15-18,21-22H,2-6,11-14H2,1H3. The van der Waals surface area contributed by atoms with Gasteiger partial charge in [0.15, 0.2) is 0 Å². The summed E-state index contributed by atoms with van der Waals surface area (Å²) >= 11 is 0. The van der Waals surface area contributed by atoms with E-state index in [1.807, 2.05) is 0 Å². The highest BCUT2D eigenvalue weighted by molar-refractivity contribution is 5.28. The zero-order valence-corrected chi connectivity index (χ0v) is 16.2. The van der Waals surface area contributed by atoms with Crippen molar-refractivity contribution in [2.75, 3.05) is 6.61 Å². The molecule has 150 valence electrons. The van der Waals surface area contributed by atoms with E-state index in [-0.39, 0.29) is 5.92 Å². The molecule has 0 bridgehead atoms. The lowest BCUT2D eigenvalue weighted by molar-refractivity contribution is -0.0803. The minimum absolute atomic E-state index is 0.0719. The second-order valence-electron chi connectivity index (χ2n) is 8.11. The Morgan fingerprint density at radius 3 is 1.78 bits per heavy atom. The predicted molar refractivity (Wildman–Crippen MR) is 103 cm³/mol. The first-order valence-corrected chi connectivity index (χ1v) is 10.4. The number of benzene rings is 1. The molecule has 2 aliphatic carbocycles. The molecule has 0 saturated heterocycles. The van der Waals surface area contributed by atoms with Gasteiger partial charge in [-0.15, -0.1) is 0 Å². The molecule has 0 heterocycles. The summed E-state index contributed by atoms with van der Waals surface area (Å²) in [7, 11) is 0. The molecular weight excluding hydrogens is 349 g/mol. The summed E-state index contributed by atoms with van der Waals surface area (Å²) in [6, 6.07) is 9.05. The lowest BCUT2D eigenvalue weighted by atomic mass is 9.77. The lowest BCUT2D eigenvalue weighted by Crippen LogP contribution is -2.20. The fraction of sp³-hybridized carbons (Fsp3) is 0.652. The summed E-state index contributed by atoms with van der Waals surface area (Å²) in [6.07, 6.45) is 6.36. The van der Waals surface area contributed by atoms with Gasteiger partial charge in [0.1, 0.15) is 0 Å². The van der Waals surface area contributed by atoms with Gasteiger partial charge in [0, 0.05) is 12.7 Å². The average molecular weight is 380 g/mol. The molecule has 1 aromatic rings. The van der Waals surface area contributed by atoms with Crippen molar-refractivity contribution in [3.8, 4) is 0 Å². The highest BCUT2D eigenvalue weighted by Crippen LogP contribution is 2.38. The Morgan fingerprint density at radius 2 is 1.33 bits per heavy atom. The van der Waals surface area contributed by atoms with Gasteiger partial charge in [-0.3, -0.25) is 0 Å². The van der Waals surface area contributed by atoms with Crippen LogP contribution < -0.4 is 0 Å². The van der Waals surface area contributed by atoms with Gasteiger partial charge >= 0.3 is 6.18 Å². The first kappa shape index (κ1) is 20.4. The van der Waals surface area contributed by atoms with E-state index < -0.39 is 6.18 Å². The first-order chi connectivity index (χ1) is 12.9. The lowest BCUT2D eigenvalue weighted by Gasteiger charge is -2.29. The molecule has 1 nitrogen and oxygen atoms in total. The zero-order valence-electron chi connectivity index (χ0n) is 16.2. The van der Waals surface area contributed by atoms with Crippen LogP contribution in [-0.2, 0) is 4.74 Å². The van der Waals surface area contributed by atoms with E-state index in [0.29, 0.717) is 24.0 Å². The number of ether oxygens (including phenoxy) is 1. The number of hydrogen-bond donors (Lipinski definition) is 0. The van der Waals surface area contributed by atoms with Crippen molar-refractivity contribution in [2.24, 2.45) is 5.92 Å². The van der Waals surface area contributed by atoms with E-state index in [2.05, 4.69) is 31.2 Å². The van der Waals surface area contributed by atoms with Crippen molar-refractivity contribution >= 4 is 0 Å². The molecule has 0 atom stereocenters. The fourth-order valence-corrected chi connectivity index (χ4v) is 4.73. The van der Waals surface area contributed by atoms with Crippen LogP contribution in [0, 0.1) is 5.92 Å². The Kier molecular flexibility index (Phi) is 7.02. The SMILES string of the molecule is CCOC1CCC(c2ccc(C3CCC(C=CC(F)(F)F)CC3)cc2)CC1. The molecule has 0 aliphatic heterocycles. The molecule has 0 amide bonds. The summed E-state index contributed by atoms with van der Waals surface area (Å²) in [5, 5.41) is 0. The van der Waals surface area contributed by atoms with Crippen LogP contribution in [0.5, 0.6) is 0 Å². The Hall–Kier alpha value is -1.29. The second-order valence-corrected chi connectivity index (χ2v) is 8.11. The van der Waals surface area contributed by atoms with Gasteiger partial charge in [0.25, 0.3) is 0 Å². The first-order valence-electron chi connectivity index (χ1n) is 10.4. The summed E-state index contributed by atoms with van der Waals surface area (Å²) < 4.78 is 42.7. The fourth-order valence-electron chi connectivity index (χ4n) is 4.73. The molecule has 1 aromatic carbocycles. The van der Waals surface area contributed by atoms with Crippen LogP contribution in [-0.4, -0.2) is 18.9 Å². The topological polar surface area (TPSA) is 9.23 Å². The van der Waals surface area contributed by atoms with Crippen molar-refractivity contribution in [2.45, 2.75) is 82.4 Å². The van der Waals surface area contributed by atoms with Gasteiger partial charge in [-0.1, -0.05) is 30.3 Å². The smallest absolute Gasteiger partial charge is 0.379 e. The van der Waals surface area contributed by atoms with Crippen molar-refractivity contribution in [1.29, 1.82) is 0 Å². The predicted octanol–water partition coefficient (Wildman–Crippen LogP) is 7.14. The van der Waals surface area contributed by atoms with Crippen molar-refractivity contribution in [1.82, 2.24) is 0 Å². The summed E-state index contributed by atoms with van der Waals surface area (Å²) in [5.41, 5.74) is 2.77. The maximum Gasteiger partial charge on any atom is 0.409 e. The van der Waals surface area contributed by atoms with E-state index in [1.54, 1.807) is 0 Å². The van der Waals surface area contributed by atoms with Crippen molar-refractivity contribution < 1.29 is 17.9 Å². The molecule has 2 fully saturated rings. The highest BCUT2D eigenvalue weighted by Gasteiger charge is 2.26. The van der Waals surface area contributed by atoms with Crippen molar-refractivity contribution in [3.63, 3.8) is 0 Å². The number of allylic oxidation sites excluding steroid dienone is 2. The molecular formula is C23H31F3O. The van der Waals surface area contributed by atoms with Crippen LogP contribution in [0.25, 0.3) is 0 Å². The van der Waals surface area contributed by atoms with Crippen LogP contribution in [0.2, 0.25) is 0 Å². The molecule has 2 aliphatic rings. The van der Waals surface area contributed by atoms with Crippen LogP contribution in [0.3, 0.4) is 0 Å². The van der Waals surface area contributed by atoms with Crippen LogP contribution in [0.4, 0.5) is 13.2 Å². The molecule has 0 N–H and O–H groups in total. The molecule has 3 rings (SSSR count). The van der Waals surface area contributed by atoms with Crippen LogP contribution in [0.15, 0.2) is 36.4 Å².